The van der Waals surface area contributed by atoms with Crippen molar-refractivity contribution >= 4 is 21.8 Å². The van der Waals surface area contributed by atoms with Crippen LogP contribution in [0.15, 0.2) is 16.7 Å². The molecule has 3 nitrogen and oxygen atoms in total. The van der Waals surface area contributed by atoms with Crippen molar-refractivity contribution in [3.05, 3.63) is 22.4 Å². The van der Waals surface area contributed by atoms with Crippen LogP contribution in [0.3, 0.4) is 0 Å². The smallest absolute Gasteiger partial charge is 0.268 e. The second-order valence-electron chi connectivity index (χ2n) is 4.34. The maximum atomic E-state index is 11.9. The van der Waals surface area contributed by atoms with Gasteiger partial charge in [0.2, 0.25) is 0 Å². The van der Waals surface area contributed by atoms with Crippen LogP contribution >= 0.6 is 15.9 Å². The predicted molar refractivity (Wildman–Crippen MR) is 62.9 cm³/mol. The van der Waals surface area contributed by atoms with Crippen molar-refractivity contribution in [3.8, 4) is 0 Å². The molecular weight excluding hydrogens is 256 g/mol. The molecule has 82 valence electrons. The van der Waals surface area contributed by atoms with Crippen LogP contribution in [0, 0.1) is 0 Å². The third-order valence-corrected chi connectivity index (χ3v) is 3.29. The van der Waals surface area contributed by atoms with E-state index < -0.39 is 0 Å². The first-order valence-corrected chi connectivity index (χ1v) is 6.01. The Morgan fingerprint density at radius 1 is 1.67 bits per heavy atom. The normalized spacial score (nSPS) is 17.5. The average molecular weight is 271 g/mol. The third kappa shape index (κ3) is 2.25. The van der Waals surface area contributed by atoms with Gasteiger partial charge in [-0.15, -0.1) is 0 Å². The summed E-state index contributed by atoms with van der Waals surface area (Å²) in [7, 11) is 0. The summed E-state index contributed by atoms with van der Waals surface area (Å²) in [5.74, 6) is 0.0301. The third-order valence-electron chi connectivity index (χ3n) is 2.85. The van der Waals surface area contributed by atoms with Gasteiger partial charge < -0.3 is 9.88 Å². The molecule has 1 aromatic rings. The number of carbonyl (C=O) groups is 1. The Morgan fingerprint density at radius 3 is 2.87 bits per heavy atom. The Balaban J connectivity index is 2.16. The van der Waals surface area contributed by atoms with Gasteiger partial charge in [0.15, 0.2) is 0 Å². The second kappa shape index (κ2) is 3.67. The van der Waals surface area contributed by atoms with Crippen molar-refractivity contribution in [2.24, 2.45) is 0 Å². The molecule has 1 aliphatic carbocycles. The molecule has 4 heteroatoms. The molecule has 0 unspecified atom stereocenters. The molecule has 0 aromatic carbocycles. The lowest BCUT2D eigenvalue weighted by atomic mass is 10.3. The van der Waals surface area contributed by atoms with Crippen molar-refractivity contribution < 1.29 is 4.79 Å². The summed E-state index contributed by atoms with van der Waals surface area (Å²) in [5, 5.41) is 3.05. The van der Waals surface area contributed by atoms with Gasteiger partial charge in [0.25, 0.3) is 5.91 Å². The molecule has 1 aliphatic rings. The van der Waals surface area contributed by atoms with E-state index in [1.54, 1.807) is 0 Å². The molecule has 0 aliphatic heterocycles. The first-order valence-electron chi connectivity index (χ1n) is 5.22. The number of halogens is 1. The fourth-order valence-electron chi connectivity index (χ4n) is 1.58. The number of nitrogens with one attached hydrogen (secondary N) is 1. The number of amides is 1. The van der Waals surface area contributed by atoms with Crippen LogP contribution in [0.4, 0.5) is 0 Å². The van der Waals surface area contributed by atoms with Gasteiger partial charge in [-0.3, -0.25) is 4.79 Å². The molecule has 1 fully saturated rings. The van der Waals surface area contributed by atoms with E-state index in [2.05, 4.69) is 28.2 Å². The van der Waals surface area contributed by atoms with E-state index in [9.17, 15) is 4.79 Å². The summed E-state index contributed by atoms with van der Waals surface area (Å²) >= 11 is 3.39. The van der Waals surface area contributed by atoms with Gasteiger partial charge in [-0.05, 0) is 48.7 Å². The Kier molecular flexibility index (Phi) is 2.63. The van der Waals surface area contributed by atoms with Gasteiger partial charge in [0.05, 0.1) is 0 Å². The molecule has 15 heavy (non-hydrogen) atoms. The number of carbonyl (C=O) groups excluding carboxylic acids is 1. The molecule has 1 aromatic heterocycles. The number of rotatable bonds is 3. The van der Waals surface area contributed by atoms with Crippen molar-refractivity contribution in [1.82, 2.24) is 9.88 Å². The summed E-state index contributed by atoms with van der Waals surface area (Å²) < 4.78 is 2.90. The molecule has 0 radical (unpaired) electrons. The van der Waals surface area contributed by atoms with E-state index >= 15 is 0 Å². The minimum absolute atomic E-state index is 0.0301. The summed E-state index contributed by atoms with van der Waals surface area (Å²) in [6, 6.07) is 1.87. The summed E-state index contributed by atoms with van der Waals surface area (Å²) in [4.78, 5) is 11.9. The Labute approximate surface area is 98.0 Å². The van der Waals surface area contributed by atoms with Gasteiger partial charge in [0, 0.05) is 22.8 Å². The molecule has 0 atom stereocenters. The number of hydrogen-bond acceptors (Lipinski definition) is 1. The zero-order valence-electron chi connectivity index (χ0n) is 9.01. The van der Waals surface area contributed by atoms with E-state index in [0.29, 0.717) is 0 Å². The van der Waals surface area contributed by atoms with Gasteiger partial charge in [0.1, 0.15) is 5.69 Å². The number of aryl methyl sites for hydroxylation is 1. The quantitative estimate of drug-likeness (QED) is 0.900. The lowest BCUT2D eigenvalue weighted by Crippen LogP contribution is -2.35. The van der Waals surface area contributed by atoms with Crippen LogP contribution in [-0.4, -0.2) is 16.0 Å². The first kappa shape index (κ1) is 10.7. The standard InChI is InChI=1S/C11H15BrN2O/c1-3-14-7-8(12)6-9(14)10(15)13-11(2)4-5-11/h6-7H,3-5H2,1-2H3,(H,13,15). The topological polar surface area (TPSA) is 34.0 Å². The van der Waals surface area contributed by atoms with E-state index in [4.69, 9.17) is 0 Å². The van der Waals surface area contributed by atoms with Gasteiger partial charge in [-0.2, -0.15) is 0 Å². The van der Waals surface area contributed by atoms with Crippen LogP contribution in [0.5, 0.6) is 0 Å². The van der Waals surface area contributed by atoms with Crippen LogP contribution < -0.4 is 5.32 Å². The SMILES string of the molecule is CCn1cc(Br)cc1C(=O)NC1(C)CC1. The van der Waals surface area contributed by atoms with E-state index in [-0.39, 0.29) is 11.4 Å². The van der Waals surface area contributed by atoms with Gasteiger partial charge in [-0.1, -0.05) is 0 Å². The minimum atomic E-state index is 0.0301. The van der Waals surface area contributed by atoms with Crippen LogP contribution in [0.1, 0.15) is 37.2 Å². The molecule has 1 saturated carbocycles. The molecule has 1 amide bonds. The summed E-state index contributed by atoms with van der Waals surface area (Å²) in [6.07, 6.45) is 4.11. The van der Waals surface area contributed by atoms with E-state index in [1.165, 1.54) is 0 Å². The molecule has 0 spiro atoms. The zero-order valence-corrected chi connectivity index (χ0v) is 10.6. The lowest BCUT2D eigenvalue weighted by Gasteiger charge is -2.12. The molecule has 0 bridgehead atoms. The van der Waals surface area contributed by atoms with Gasteiger partial charge >= 0.3 is 0 Å². The van der Waals surface area contributed by atoms with Crippen molar-refractivity contribution in [3.63, 3.8) is 0 Å². The van der Waals surface area contributed by atoms with E-state index in [0.717, 1.165) is 29.6 Å². The van der Waals surface area contributed by atoms with Crippen LogP contribution in [-0.2, 0) is 6.54 Å². The molecule has 1 N–H and O–H groups in total. The van der Waals surface area contributed by atoms with Crippen molar-refractivity contribution in [2.45, 2.75) is 38.8 Å². The van der Waals surface area contributed by atoms with Crippen LogP contribution in [0.25, 0.3) is 0 Å². The monoisotopic (exact) mass is 270 g/mol. The Hall–Kier alpha value is -0.770. The highest BCUT2D eigenvalue weighted by Gasteiger charge is 2.39. The predicted octanol–water partition coefficient (Wildman–Crippen LogP) is 2.55. The largest absolute Gasteiger partial charge is 0.346 e. The Morgan fingerprint density at radius 2 is 2.33 bits per heavy atom. The zero-order chi connectivity index (χ0) is 11.1. The number of nitrogens with zero attached hydrogens (tertiary/aromatic N) is 1. The number of hydrogen-bond donors (Lipinski definition) is 1. The number of aromatic nitrogens is 1. The molecule has 1 heterocycles. The molecule has 2 rings (SSSR count). The highest BCUT2D eigenvalue weighted by molar-refractivity contribution is 9.10. The average Bonchev–Trinajstić information content (AvgIpc) is 2.77. The Bertz CT molecular complexity index is 393. The lowest BCUT2D eigenvalue weighted by molar-refractivity contribution is 0.0926. The first-order chi connectivity index (χ1) is 7.04. The minimum Gasteiger partial charge on any atom is -0.346 e. The second-order valence-corrected chi connectivity index (χ2v) is 5.26. The summed E-state index contributed by atoms with van der Waals surface area (Å²) in [5.41, 5.74) is 0.782. The van der Waals surface area contributed by atoms with Crippen LogP contribution in [0.2, 0.25) is 0 Å². The maximum Gasteiger partial charge on any atom is 0.268 e. The highest BCUT2D eigenvalue weighted by atomic mass is 79.9. The molecule has 0 saturated heterocycles. The molecular formula is C11H15BrN2O. The van der Waals surface area contributed by atoms with E-state index in [1.807, 2.05) is 23.8 Å². The highest BCUT2D eigenvalue weighted by Crippen LogP contribution is 2.34. The van der Waals surface area contributed by atoms with Crippen molar-refractivity contribution in [1.29, 1.82) is 0 Å². The summed E-state index contributed by atoms with van der Waals surface area (Å²) in [6.45, 7) is 4.92. The maximum absolute atomic E-state index is 11.9. The van der Waals surface area contributed by atoms with Crippen molar-refractivity contribution in [2.75, 3.05) is 0 Å². The fraction of sp³-hybridized carbons (Fsp3) is 0.545. The van der Waals surface area contributed by atoms with Gasteiger partial charge in [-0.25, -0.2) is 0 Å². The fourth-order valence-corrected chi connectivity index (χ4v) is 2.04.